The average molecular weight is 343 g/mol. The summed E-state index contributed by atoms with van der Waals surface area (Å²) < 4.78 is 1.77. The number of hydrogen-bond donors (Lipinski definition) is 0. The number of carbonyl (C=O) groups excluding carboxylic acids is 1. The first-order chi connectivity index (χ1) is 12.2. The smallest absolute Gasteiger partial charge is 0.320 e. The first-order valence-corrected chi connectivity index (χ1v) is 8.81. The van der Waals surface area contributed by atoms with E-state index in [1.54, 1.807) is 4.68 Å². The molecule has 2 aromatic rings. The van der Waals surface area contributed by atoms with Crippen LogP contribution in [0.25, 0.3) is 5.69 Å². The van der Waals surface area contributed by atoms with Crippen molar-refractivity contribution in [2.45, 2.75) is 20.4 Å². The molecule has 1 aromatic heterocycles. The third-order valence-corrected chi connectivity index (χ3v) is 4.58. The molecule has 8 heteroatoms. The van der Waals surface area contributed by atoms with Crippen molar-refractivity contribution in [3.63, 3.8) is 0 Å². The summed E-state index contributed by atoms with van der Waals surface area (Å²) in [6.45, 7) is 9.34. The Morgan fingerprint density at radius 3 is 2.40 bits per heavy atom. The molecule has 1 fully saturated rings. The van der Waals surface area contributed by atoms with Gasteiger partial charge in [-0.05, 0) is 36.4 Å². The zero-order chi connectivity index (χ0) is 17.6. The number of nitrogens with zero attached hydrogens (tertiary/aromatic N) is 7. The Hall–Kier alpha value is -2.48. The fourth-order valence-electron chi connectivity index (χ4n) is 3.07. The molecule has 1 aliphatic heterocycles. The van der Waals surface area contributed by atoms with Gasteiger partial charge in [0.15, 0.2) is 5.82 Å². The lowest BCUT2D eigenvalue weighted by molar-refractivity contribution is 0.110. The molecule has 1 aromatic carbocycles. The molecule has 0 spiro atoms. The van der Waals surface area contributed by atoms with Crippen LogP contribution in [0.4, 0.5) is 4.79 Å². The van der Waals surface area contributed by atoms with Crippen LogP contribution in [0.2, 0.25) is 0 Å². The number of carbonyl (C=O) groups is 1. The van der Waals surface area contributed by atoms with Crippen LogP contribution >= 0.6 is 0 Å². The lowest BCUT2D eigenvalue weighted by Gasteiger charge is -2.36. The van der Waals surface area contributed by atoms with E-state index < -0.39 is 0 Å². The quantitative estimate of drug-likeness (QED) is 0.817. The zero-order valence-corrected chi connectivity index (χ0v) is 14.9. The molecule has 0 radical (unpaired) electrons. The van der Waals surface area contributed by atoms with Crippen molar-refractivity contribution in [2.24, 2.45) is 0 Å². The number of para-hydroxylation sites is 1. The van der Waals surface area contributed by atoms with Gasteiger partial charge in [-0.3, -0.25) is 4.90 Å². The molecule has 0 N–H and O–H groups in total. The van der Waals surface area contributed by atoms with E-state index in [9.17, 15) is 4.79 Å². The van der Waals surface area contributed by atoms with E-state index >= 15 is 0 Å². The predicted molar refractivity (Wildman–Crippen MR) is 94.3 cm³/mol. The van der Waals surface area contributed by atoms with Crippen LogP contribution in [-0.2, 0) is 6.54 Å². The molecular formula is C17H25N7O. The van der Waals surface area contributed by atoms with Gasteiger partial charge in [-0.1, -0.05) is 18.2 Å². The van der Waals surface area contributed by atoms with Crippen LogP contribution in [0.1, 0.15) is 19.7 Å². The van der Waals surface area contributed by atoms with Crippen molar-refractivity contribution >= 4 is 6.03 Å². The van der Waals surface area contributed by atoms with Gasteiger partial charge < -0.3 is 9.80 Å². The summed E-state index contributed by atoms with van der Waals surface area (Å²) in [5.41, 5.74) is 0.956. The van der Waals surface area contributed by atoms with E-state index in [1.807, 2.05) is 54.0 Å². The van der Waals surface area contributed by atoms with E-state index in [0.717, 1.165) is 50.8 Å². The number of piperazine rings is 1. The van der Waals surface area contributed by atoms with Gasteiger partial charge in [0.2, 0.25) is 0 Å². The molecule has 0 unspecified atom stereocenters. The van der Waals surface area contributed by atoms with Crippen LogP contribution in [0.15, 0.2) is 30.3 Å². The largest absolute Gasteiger partial charge is 0.325 e. The van der Waals surface area contributed by atoms with E-state index in [0.29, 0.717) is 6.54 Å². The third-order valence-electron chi connectivity index (χ3n) is 4.58. The van der Waals surface area contributed by atoms with Gasteiger partial charge in [-0.25, -0.2) is 4.79 Å². The minimum absolute atomic E-state index is 0.138. The lowest BCUT2D eigenvalue weighted by Crippen LogP contribution is -2.52. The van der Waals surface area contributed by atoms with Crippen molar-refractivity contribution in [2.75, 3.05) is 39.3 Å². The second-order valence-corrected chi connectivity index (χ2v) is 6.06. The van der Waals surface area contributed by atoms with E-state index in [1.165, 1.54) is 0 Å². The standard InChI is InChI=1S/C17H25N7O/c1-3-22(4-2)17(25)23-12-10-21(11-13-23)14-16-18-19-20-24(16)15-8-6-5-7-9-15/h5-9H,3-4,10-14H2,1-2H3. The van der Waals surface area contributed by atoms with Crippen molar-refractivity contribution in [1.29, 1.82) is 0 Å². The minimum atomic E-state index is 0.138. The molecule has 2 heterocycles. The first-order valence-electron chi connectivity index (χ1n) is 8.81. The Kier molecular flexibility index (Phi) is 5.60. The molecule has 1 saturated heterocycles. The summed E-state index contributed by atoms with van der Waals surface area (Å²) >= 11 is 0. The minimum Gasteiger partial charge on any atom is -0.325 e. The number of tetrazole rings is 1. The molecule has 0 bridgehead atoms. The van der Waals surface area contributed by atoms with Crippen LogP contribution in [0, 0.1) is 0 Å². The van der Waals surface area contributed by atoms with Crippen LogP contribution in [0.5, 0.6) is 0 Å². The maximum absolute atomic E-state index is 12.4. The number of hydrogen-bond acceptors (Lipinski definition) is 5. The number of benzene rings is 1. The van der Waals surface area contributed by atoms with Gasteiger partial charge in [0, 0.05) is 39.3 Å². The lowest BCUT2D eigenvalue weighted by atomic mass is 10.3. The molecule has 2 amide bonds. The number of amides is 2. The fourth-order valence-corrected chi connectivity index (χ4v) is 3.07. The van der Waals surface area contributed by atoms with Crippen LogP contribution in [0.3, 0.4) is 0 Å². The van der Waals surface area contributed by atoms with Crippen LogP contribution in [-0.4, -0.2) is 80.2 Å². The molecular weight excluding hydrogens is 318 g/mol. The van der Waals surface area contributed by atoms with E-state index in [-0.39, 0.29) is 6.03 Å². The topological polar surface area (TPSA) is 70.4 Å². The monoisotopic (exact) mass is 343 g/mol. The number of aromatic nitrogens is 4. The highest BCUT2D eigenvalue weighted by Crippen LogP contribution is 2.12. The molecule has 1 aliphatic rings. The van der Waals surface area contributed by atoms with Crippen molar-refractivity contribution in [3.05, 3.63) is 36.2 Å². The Morgan fingerprint density at radius 1 is 1.08 bits per heavy atom. The van der Waals surface area contributed by atoms with Crippen LogP contribution < -0.4 is 0 Å². The maximum atomic E-state index is 12.4. The fraction of sp³-hybridized carbons (Fsp3) is 0.529. The second-order valence-electron chi connectivity index (χ2n) is 6.06. The number of urea groups is 1. The van der Waals surface area contributed by atoms with Gasteiger partial charge in [0.1, 0.15) is 0 Å². The SMILES string of the molecule is CCN(CC)C(=O)N1CCN(Cc2nnnn2-c2ccccc2)CC1. The summed E-state index contributed by atoms with van der Waals surface area (Å²) in [6.07, 6.45) is 0. The average Bonchev–Trinajstić information content (AvgIpc) is 3.12. The summed E-state index contributed by atoms with van der Waals surface area (Å²) in [7, 11) is 0. The molecule has 8 nitrogen and oxygen atoms in total. The molecule has 3 rings (SSSR count). The van der Waals surface area contributed by atoms with Gasteiger partial charge in [-0.15, -0.1) is 5.10 Å². The summed E-state index contributed by atoms with van der Waals surface area (Å²) in [5, 5.41) is 12.1. The van der Waals surface area contributed by atoms with E-state index in [4.69, 9.17) is 0 Å². The molecule has 0 saturated carbocycles. The predicted octanol–water partition coefficient (Wildman–Crippen LogP) is 1.24. The first kappa shape index (κ1) is 17.3. The highest BCUT2D eigenvalue weighted by Gasteiger charge is 2.25. The maximum Gasteiger partial charge on any atom is 0.320 e. The van der Waals surface area contributed by atoms with E-state index in [2.05, 4.69) is 20.4 Å². The molecule has 0 aliphatic carbocycles. The normalized spacial score (nSPS) is 15.4. The molecule has 134 valence electrons. The van der Waals surface area contributed by atoms with Gasteiger partial charge >= 0.3 is 6.03 Å². The van der Waals surface area contributed by atoms with Gasteiger partial charge in [0.25, 0.3) is 0 Å². The Labute approximate surface area is 148 Å². The second kappa shape index (κ2) is 8.06. The summed E-state index contributed by atoms with van der Waals surface area (Å²) in [6, 6.07) is 10.0. The summed E-state index contributed by atoms with van der Waals surface area (Å²) in [5.74, 6) is 0.815. The summed E-state index contributed by atoms with van der Waals surface area (Å²) in [4.78, 5) is 18.5. The highest BCUT2D eigenvalue weighted by atomic mass is 16.2. The Bertz CT molecular complexity index is 675. The molecule has 0 atom stereocenters. The van der Waals surface area contributed by atoms with Crippen molar-refractivity contribution < 1.29 is 4.79 Å². The zero-order valence-electron chi connectivity index (χ0n) is 14.9. The van der Waals surface area contributed by atoms with Gasteiger partial charge in [0.05, 0.1) is 12.2 Å². The number of rotatable bonds is 5. The Morgan fingerprint density at radius 2 is 1.76 bits per heavy atom. The third kappa shape index (κ3) is 3.96. The molecule has 25 heavy (non-hydrogen) atoms. The van der Waals surface area contributed by atoms with Crippen molar-refractivity contribution in [1.82, 2.24) is 34.9 Å². The van der Waals surface area contributed by atoms with Crippen molar-refractivity contribution in [3.8, 4) is 5.69 Å². The van der Waals surface area contributed by atoms with Gasteiger partial charge in [-0.2, -0.15) is 4.68 Å². The Balaban J connectivity index is 1.59. The highest BCUT2D eigenvalue weighted by molar-refractivity contribution is 5.74.